The number of nitrogens with one attached hydrogen (secondary N) is 1. The van der Waals surface area contributed by atoms with E-state index in [-0.39, 0.29) is 17.1 Å². The van der Waals surface area contributed by atoms with Gasteiger partial charge in [-0.25, -0.2) is 14.4 Å². The van der Waals surface area contributed by atoms with Crippen molar-refractivity contribution in [2.75, 3.05) is 12.4 Å². The van der Waals surface area contributed by atoms with E-state index in [1.807, 2.05) is 0 Å². The minimum Gasteiger partial charge on any atom is -0.505 e. The molecule has 2 heterocycles. The number of carbonyl (C=O) groups is 1. The third kappa shape index (κ3) is 4.25. The Morgan fingerprint density at radius 2 is 1.87 bits per heavy atom. The molecule has 0 spiro atoms. The lowest BCUT2D eigenvalue weighted by atomic mass is 10.2. The van der Waals surface area contributed by atoms with Gasteiger partial charge in [0.25, 0.3) is 5.91 Å². The Balaban J connectivity index is 2.08. The zero-order chi connectivity index (χ0) is 23.0. The smallest absolute Gasteiger partial charge is 0.459 e. The molecule has 1 amide bonds. The van der Waals surface area contributed by atoms with Gasteiger partial charge in [-0.3, -0.25) is 14.7 Å². The molecule has 0 aliphatic carbocycles. The number of rotatable bonds is 5. The van der Waals surface area contributed by atoms with Crippen molar-refractivity contribution in [3.05, 3.63) is 59.8 Å². The Morgan fingerprint density at radius 1 is 1.16 bits per heavy atom. The summed E-state index contributed by atoms with van der Waals surface area (Å²) >= 11 is 0. The van der Waals surface area contributed by atoms with E-state index in [2.05, 4.69) is 15.3 Å². The van der Waals surface area contributed by atoms with E-state index in [0.29, 0.717) is 10.8 Å². The average Bonchev–Trinajstić information content (AvgIpc) is 3.13. The number of aromatic hydroxyl groups is 1. The minimum atomic E-state index is -5.95. The summed E-state index contributed by atoms with van der Waals surface area (Å²) < 4.78 is 84.9. The Morgan fingerprint density at radius 3 is 2.48 bits per heavy atom. The zero-order valence-electron chi connectivity index (χ0n) is 15.4. The highest BCUT2D eigenvalue weighted by Crippen LogP contribution is 2.44. The number of amides is 1. The molecule has 0 unspecified atom stereocenters. The van der Waals surface area contributed by atoms with E-state index in [9.17, 15) is 36.2 Å². The van der Waals surface area contributed by atoms with Crippen LogP contribution in [0.1, 0.15) is 16.1 Å². The van der Waals surface area contributed by atoms with E-state index in [1.54, 1.807) is 0 Å². The molecule has 3 rings (SSSR count). The number of ether oxygens (including phenoxy) is 1. The fourth-order valence-electron chi connectivity index (χ4n) is 2.43. The fraction of sp³-hybridized carbons (Fsp3) is 0.167. The summed E-state index contributed by atoms with van der Waals surface area (Å²) in [6.45, 7) is 0. The Bertz CT molecular complexity index is 1130. The zero-order valence-corrected chi connectivity index (χ0v) is 15.4. The minimum absolute atomic E-state index is 0.187. The standard InChI is InChI=1S/C18H12F6N4O3/c1-31-10-4-5-25-14(7-10)28-8-13(17(20,21)18(22,23)24)26-16(28)27-15(30)9-2-3-11(19)12(29)6-9/h2-8,29H,1H3,(H,26,27,30). The molecule has 0 bridgehead atoms. The molecule has 0 radical (unpaired) electrons. The second-order valence-electron chi connectivity index (χ2n) is 6.07. The summed E-state index contributed by atoms with van der Waals surface area (Å²) in [6.07, 6.45) is -4.38. The van der Waals surface area contributed by atoms with Crippen LogP contribution in [0.3, 0.4) is 0 Å². The molecule has 3 aromatic rings. The molecule has 1 aromatic carbocycles. The normalized spacial score (nSPS) is 12.0. The molecule has 13 heteroatoms. The molecule has 2 N–H and O–H groups in total. The molecule has 31 heavy (non-hydrogen) atoms. The van der Waals surface area contributed by atoms with Crippen molar-refractivity contribution < 1.29 is 41.0 Å². The van der Waals surface area contributed by atoms with Crippen molar-refractivity contribution in [1.29, 1.82) is 0 Å². The number of aromatic nitrogens is 3. The average molecular weight is 446 g/mol. The van der Waals surface area contributed by atoms with E-state index in [0.717, 1.165) is 18.2 Å². The van der Waals surface area contributed by atoms with Crippen molar-refractivity contribution in [1.82, 2.24) is 14.5 Å². The van der Waals surface area contributed by atoms with Crippen LogP contribution in [0.15, 0.2) is 42.7 Å². The summed E-state index contributed by atoms with van der Waals surface area (Å²) in [5, 5.41) is 11.4. The highest BCUT2D eigenvalue weighted by atomic mass is 19.4. The van der Waals surface area contributed by atoms with Gasteiger partial charge in [-0.15, -0.1) is 0 Å². The summed E-state index contributed by atoms with van der Waals surface area (Å²) in [7, 11) is 1.29. The Labute approximate surface area is 169 Å². The molecule has 0 aliphatic rings. The monoisotopic (exact) mass is 446 g/mol. The number of benzene rings is 1. The summed E-state index contributed by atoms with van der Waals surface area (Å²) in [6, 6.07) is 5.07. The predicted molar refractivity (Wildman–Crippen MR) is 93.9 cm³/mol. The van der Waals surface area contributed by atoms with Gasteiger partial charge >= 0.3 is 12.1 Å². The van der Waals surface area contributed by atoms with E-state index in [4.69, 9.17) is 4.74 Å². The van der Waals surface area contributed by atoms with Gasteiger partial charge in [-0.05, 0) is 24.3 Å². The summed E-state index contributed by atoms with van der Waals surface area (Å²) in [5.41, 5.74) is -2.00. The highest BCUT2D eigenvalue weighted by molar-refractivity contribution is 6.03. The van der Waals surface area contributed by atoms with E-state index < -0.39 is 41.2 Å². The number of imidazole rings is 1. The van der Waals surface area contributed by atoms with Crippen molar-refractivity contribution in [3.8, 4) is 17.3 Å². The van der Waals surface area contributed by atoms with Crippen LogP contribution in [0, 0.1) is 5.82 Å². The van der Waals surface area contributed by atoms with Gasteiger partial charge in [-0.1, -0.05) is 0 Å². The molecule has 2 aromatic heterocycles. The van der Waals surface area contributed by atoms with Gasteiger partial charge in [0.15, 0.2) is 11.6 Å². The molecule has 7 nitrogen and oxygen atoms in total. The van der Waals surface area contributed by atoms with E-state index >= 15 is 0 Å². The van der Waals surface area contributed by atoms with Gasteiger partial charge in [-0.2, -0.15) is 22.0 Å². The van der Waals surface area contributed by atoms with Crippen molar-refractivity contribution in [3.63, 3.8) is 0 Å². The fourth-order valence-corrected chi connectivity index (χ4v) is 2.43. The second-order valence-corrected chi connectivity index (χ2v) is 6.07. The molecule has 164 valence electrons. The van der Waals surface area contributed by atoms with Crippen LogP contribution >= 0.6 is 0 Å². The van der Waals surface area contributed by atoms with Crippen LogP contribution in [-0.2, 0) is 5.92 Å². The largest absolute Gasteiger partial charge is 0.505 e. The second kappa shape index (κ2) is 7.81. The number of halogens is 6. The Hall–Kier alpha value is -3.77. The van der Waals surface area contributed by atoms with E-state index in [1.165, 1.54) is 25.4 Å². The number of hydrogen-bond acceptors (Lipinski definition) is 5. The first-order valence-corrected chi connectivity index (χ1v) is 8.28. The SMILES string of the molecule is COc1ccnc(-n2cc(C(F)(F)C(F)(F)F)nc2NC(=O)c2ccc(F)c(O)c2)c1. The van der Waals surface area contributed by atoms with Gasteiger partial charge in [0.05, 0.1) is 7.11 Å². The van der Waals surface area contributed by atoms with Crippen LogP contribution in [0.25, 0.3) is 5.82 Å². The topological polar surface area (TPSA) is 89.3 Å². The third-order valence-electron chi connectivity index (χ3n) is 4.02. The van der Waals surface area contributed by atoms with Crippen LogP contribution in [-0.4, -0.2) is 38.8 Å². The number of phenolic OH excluding ortho intramolecular Hbond substituents is 1. The number of pyridine rings is 1. The molecule has 0 atom stereocenters. The number of anilines is 1. The maximum atomic E-state index is 13.8. The van der Waals surface area contributed by atoms with Gasteiger partial charge in [0.2, 0.25) is 5.95 Å². The molecule has 0 fully saturated rings. The number of nitrogens with zero attached hydrogens (tertiary/aromatic N) is 3. The van der Waals surface area contributed by atoms with Crippen LogP contribution in [0.5, 0.6) is 11.5 Å². The maximum absolute atomic E-state index is 13.8. The van der Waals surface area contributed by atoms with Crippen molar-refractivity contribution in [2.24, 2.45) is 0 Å². The number of alkyl halides is 5. The number of hydrogen-bond donors (Lipinski definition) is 2. The predicted octanol–water partition coefficient (Wildman–Crippen LogP) is 4.03. The lowest BCUT2D eigenvalue weighted by Gasteiger charge is -2.16. The van der Waals surface area contributed by atoms with Crippen LogP contribution in [0.2, 0.25) is 0 Å². The number of methoxy groups -OCH3 is 1. The first-order valence-electron chi connectivity index (χ1n) is 8.28. The van der Waals surface area contributed by atoms with Gasteiger partial charge in [0, 0.05) is 24.0 Å². The lowest BCUT2D eigenvalue weighted by molar-refractivity contribution is -0.290. The van der Waals surface area contributed by atoms with Crippen molar-refractivity contribution >= 4 is 11.9 Å². The molecule has 0 aliphatic heterocycles. The summed E-state index contributed by atoms with van der Waals surface area (Å²) in [4.78, 5) is 19.5. The number of phenols is 1. The first-order chi connectivity index (χ1) is 14.4. The molecular weight excluding hydrogens is 434 g/mol. The third-order valence-corrected chi connectivity index (χ3v) is 4.02. The quantitative estimate of drug-likeness (QED) is 0.578. The molecule has 0 saturated heterocycles. The molecular formula is C18H12F6N4O3. The van der Waals surface area contributed by atoms with Crippen LogP contribution in [0.4, 0.5) is 32.3 Å². The van der Waals surface area contributed by atoms with Gasteiger partial charge < -0.3 is 9.84 Å². The maximum Gasteiger partial charge on any atom is 0.459 e. The highest BCUT2D eigenvalue weighted by Gasteiger charge is 2.60. The van der Waals surface area contributed by atoms with Crippen LogP contribution < -0.4 is 10.1 Å². The Kier molecular flexibility index (Phi) is 5.53. The van der Waals surface area contributed by atoms with Crippen molar-refractivity contribution in [2.45, 2.75) is 12.1 Å². The van der Waals surface area contributed by atoms with Gasteiger partial charge in [0.1, 0.15) is 17.3 Å². The lowest BCUT2D eigenvalue weighted by Crippen LogP contribution is -2.34. The number of carbonyl (C=O) groups excluding carboxylic acids is 1. The molecule has 0 saturated carbocycles. The summed E-state index contributed by atoms with van der Waals surface area (Å²) in [5.74, 6) is -9.00. The first kappa shape index (κ1) is 21.9.